The Hall–Kier alpha value is 0.130. The van der Waals surface area contributed by atoms with Gasteiger partial charge in [-0.2, -0.15) is 0 Å². The minimum absolute atomic E-state index is 0.769. The second kappa shape index (κ2) is 7.23. The van der Waals surface area contributed by atoms with Crippen LogP contribution < -0.4 is 0 Å². The molecule has 0 N–H and O–H groups in total. The molecule has 0 bridgehead atoms. The van der Waals surface area contributed by atoms with Gasteiger partial charge in [-0.1, -0.05) is 0 Å². The molecule has 2 saturated heterocycles. The largest absolute Gasteiger partial charge is 0.323 e. The van der Waals surface area contributed by atoms with Crippen molar-refractivity contribution in [2.24, 2.45) is 0 Å². The fourth-order valence-electron chi connectivity index (χ4n) is 3.01. The van der Waals surface area contributed by atoms with Crippen LogP contribution in [0, 0.1) is 0 Å². The van der Waals surface area contributed by atoms with E-state index < -0.39 is 0 Å². The van der Waals surface area contributed by atoms with Crippen molar-refractivity contribution in [3.05, 3.63) is 0 Å². The number of nitrogens with zero attached hydrogens (tertiary/aromatic N) is 4. The zero-order chi connectivity index (χ0) is 13.7. The molecule has 0 aromatic carbocycles. The molecule has 2 fully saturated rings. The van der Waals surface area contributed by atoms with E-state index in [9.17, 15) is 0 Å². The van der Waals surface area contributed by atoms with Crippen molar-refractivity contribution in [3.63, 3.8) is 0 Å². The number of halogens is 1. The van der Waals surface area contributed by atoms with Crippen LogP contribution in [0.25, 0.3) is 0 Å². The summed E-state index contributed by atoms with van der Waals surface area (Å²) in [4.78, 5) is 7.56. The number of hydrogen-bond acceptors (Lipinski definition) is 3. The van der Waals surface area contributed by atoms with Gasteiger partial charge in [0.05, 0.1) is 26.7 Å². The number of likely N-dealkylation sites (N-methyl/N-ethyl adjacent to an activating group) is 2. The van der Waals surface area contributed by atoms with Gasteiger partial charge in [-0.3, -0.25) is 9.80 Å². The molecule has 112 valence electrons. The van der Waals surface area contributed by atoms with Gasteiger partial charge in [-0.25, -0.2) is 0 Å². The van der Waals surface area contributed by atoms with Crippen molar-refractivity contribution in [2.45, 2.75) is 0 Å². The first-order valence-electron chi connectivity index (χ1n) is 7.64. The Labute approximate surface area is 123 Å². The van der Waals surface area contributed by atoms with Gasteiger partial charge in [-0.15, -0.1) is 11.6 Å². The highest BCUT2D eigenvalue weighted by Gasteiger charge is 2.29. The van der Waals surface area contributed by atoms with Crippen molar-refractivity contribution < 1.29 is 4.48 Å². The lowest BCUT2D eigenvalue weighted by Crippen LogP contribution is -2.60. The summed E-state index contributed by atoms with van der Waals surface area (Å²) in [6.07, 6.45) is 0. The molecule has 4 nitrogen and oxygen atoms in total. The second-order valence-electron chi connectivity index (χ2n) is 6.47. The molecule has 0 aromatic rings. The van der Waals surface area contributed by atoms with E-state index in [-0.39, 0.29) is 0 Å². The van der Waals surface area contributed by atoms with E-state index in [1.807, 2.05) is 0 Å². The minimum Gasteiger partial charge on any atom is -0.323 e. The quantitative estimate of drug-likeness (QED) is 0.530. The Bertz CT molecular complexity index is 258. The molecule has 2 aliphatic heterocycles. The summed E-state index contributed by atoms with van der Waals surface area (Å²) in [6.45, 7) is 13.6. The summed E-state index contributed by atoms with van der Waals surface area (Å²) in [7, 11) is 4.65. The van der Waals surface area contributed by atoms with E-state index in [2.05, 4.69) is 28.8 Å². The molecule has 0 radical (unpaired) electrons. The van der Waals surface area contributed by atoms with Gasteiger partial charge in [0.2, 0.25) is 0 Å². The highest BCUT2D eigenvalue weighted by molar-refractivity contribution is 6.18. The number of quaternary nitrogens is 1. The first-order valence-corrected chi connectivity index (χ1v) is 8.17. The van der Waals surface area contributed by atoms with Crippen LogP contribution >= 0.6 is 11.6 Å². The fraction of sp³-hybridized carbons (Fsp3) is 1.00. The predicted molar refractivity (Wildman–Crippen MR) is 81.9 cm³/mol. The molecular formula is C14H30ClN4+. The maximum Gasteiger partial charge on any atom is 0.0914 e. The van der Waals surface area contributed by atoms with E-state index in [1.54, 1.807) is 0 Å². The molecule has 0 atom stereocenters. The van der Waals surface area contributed by atoms with E-state index in [4.69, 9.17) is 11.6 Å². The van der Waals surface area contributed by atoms with Crippen molar-refractivity contribution >= 4 is 11.6 Å². The van der Waals surface area contributed by atoms with Gasteiger partial charge in [0.15, 0.2) is 0 Å². The molecule has 0 spiro atoms. The zero-order valence-electron chi connectivity index (χ0n) is 12.7. The standard InChI is InChI=1S/C14H30ClN4/c1-16-5-7-18(8-6-16)11-14-19(2)12-9-17(4-3-15)10-13-19/h3-14H2,1-2H3/q+1. The van der Waals surface area contributed by atoms with Gasteiger partial charge in [0.25, 0.3) is 0 Å². The molecule has 2 aliphatic rings. The fourth-order valence-corrected chi connectivity index (χ4v) is 3.25. The van der Waals surface area contributed by atoms with E-state index in [0.717, 1.165) is 12.4 Å². The highest BCUT2D eigenvalue weighted by Crippen LogP contribution is 2.11. The molecular weight excluding hydrogens is 260 g/mol. The highest BCUT2D eigenvalue weighted by atomic mass is 35.5. The molecule has 0 aliphatic carbocycles. The summed E-state index contributed by atoms with van der Waals surface area (Å²) in [5.41, 5.74) is 0. The lowest BCUT2D eigenvalue weighted by atomic mass is 10.2. The lowest BCUT2D eigenvalue weighted by molar-refractivity contribution is -0.913. The Morgan fingerprint density at radius 2 is 1.47 bits per heavy atom. The van der Waals surface area contributed by atoms with Crippen molar-refractivity contribution in [1.29, 1.82) is 0 Å². The van der Waals surface area contributed by atoms with Gasteiger partial charge in [0.1, 0.15) is 0 Å². The summed E-state index contributed by atoms with van der Waals surface area (Å²) >= 11 is 5.82. The molecule has 19 heavy (non-hydrogen) atoms. The van der Waals surface area contributed by atoms with Crippen molar-refractivity contribution in [3.8, 4) is 0 Å². The maximum atomic E-state index is 5.82. The van der Waals surface area contributed by atoms with Crippen molar-refractivity contribution in [1.82, 2.24) is 14.7 Å². The minimum atomic E-state index is 0.769. The van der Waals surface area contributed by atoms with Gasteiger partial charge in [-0.05, 0) is 7.05 Å². The van der Waals surface area contributed by atoms with Gasteiger partial charge < -0.3 is 9.38 Å². The molecule has 5 heteroatoms. The molecule has 0 unspecified atom stereocenters. The van der Waals surface area contributed by atoms with Gasteiger partial charge >= 0.3 is 0 Å². The molecule has 0 saturated carbocycles. The van der Waals surface area contributed by atoms with Crippen LogP contribution in [0.2, 0.25) is 0 Å². The van der Waals surface area contributed by atoms with Crippen LogP contribution in [0.5, 0.6) is 0 Å². The Morgan fingerprint density at radius 1 is 0.895 bits per heavy atom. The summed E-state index contributed by atoms with van der Waals surface area (Å²) in [5, 5.41) is 0. The second-order valence-corrected chi connectivity index (χ2v) is 6.84. The van der Waals surface area contributed by atoms with Crippen LogP contribution in [0.15, 0.2) is 0 Å². The van der Waals surface area contributed by atoms with Crippen LogP contribution in [-0.2, 0) is 0 Å². The topological polar surface area (TPSA) is 9.72 Å². The van der Waals surface area contributed by atoms with Gasteiger partial charge in [0, 0.05) is 58.2 Å². The Kier molecular flexibility index (Phi) is 5.90. The number of hydrogen-bond donors (Lipinski definition) is 0. The smallest absolute Gasteiger partial charge is 0.0914 e. The third-order valence-corrected chi connectivity index (χ3v) is 5.03. The number of alkyl halides is 1. The van der Waals surface area contributed by atoms with E-state index in [0.29, 0.717) is 0 Å². The van der Waals surface area contributed by atoms with Crippen LogP contribution in [0.3, 0.4) is 0 Å². The van der Waals surface area contributed by atoms with E-state index in [1.165, 1.54) is 69.9 Å². The molecule has 0 amide bonds. The van der Waals surface area contributed by atoms with Crippen LogP contribution in [-0.4, -0.2) is 111 Å². The third kappa shape index (κ3) is 4.87. The van der Waals surface area contributed by atoms with Crippen LogP contribution in [0.4, 0.5) is 0 Å². The van der Waals surface area contributed by atoms with Crippen LogP contribution in [0.1, 0.15) is 0 Å². The predicted octanol–water partition coefficient (Wildman–Crippen LogP) is 0.235. The third-order valence-electron chi connectivity index (χ3n) is 4.86. The van der Waals surface area contributed by atoms with E-state index >= 15 is 0 Å². The number of piperazine rings is 2. The monoisotopic (exact) mass is 289 g/mol. The first kappa shape index (κ1) is 15.5. The average Bonchev–Trinajstić information content (AvgIpc) is 2.42. The molecule has 0 aromatic heterocycles. The molecule has 2 heterocycles. The SMILES string of the molecule is CN1CCN(CC[N+]2(C)CCN(CCCl)CC2)CC1. The summed E-state index contributed by atoms with van der Waals surface area (Å²) in [5.74, 6) is 0.769. The lowest BCUT2D eigenvalue weighted by Gasteiger charge is -2.43. The summed E-state index contributed by atoms with van der Waals surface area (Å²) < 4.78 is 1.24. The first-order chi connectivity index (χ1) is 9.11. The molecule has 2 rings (SSSR count). The maximum absolute atomic E-state index is 5.82. The zero-order valence-corrected chi connectivity index (χ0v) is 13.4. The number of rotatable bonds is 5. The Balaban J connectivity index is 1.68. The Morgan fingerprint density at radius 3 is 2.05 bits per heavy atom. The average molecular weight is 290 g/mol. The van der Waals surface area contributed by atoms with Crippen molar-refractivity contribution in [2.75, 3.05) is 92.0 Å². The normalized spacial score (nSPS) is 26.7. The summed E-state index contributed by atoms with van der Waals surface area (Å²) in [6, 6.07) is 0.